The summed E-state index contributed by atoms with van der Waals surface area (Å²) in [4.78, 5) is 39.6. The summed E-state index contributed by atoms with van der Waals surface area (Å²) in [7, 11) is 0. The molecular weight excluding hydrogens is 486 g/mol. The van der Waals surface area contributed by atoms with E-state index in [9.17, 15) is 14.4 Å². The van der Waals surface area contributed by atoms with Crippen LogP contribution in [0.5, 0.6) is 5.75 Å². The maximum Gasteiger partial charge on any atom is 0.343 e. The number of rotatable bonds is 3. The maximum atomic E-state index is 13.6. The Morgan fingerprint density at radius 2 is 1.57 bits per heavy atom. The van der Waals surface area contributed by atoms with Crippen molar-refractivity contribution in [1.29, 1.82) is 0 Å². The summed E-state index contributed by atoms with van der Waals surface area (Å²) in [6, 6.07) is 21.1. The average Bonchev–Trinajstić information content (AvgIpc) is 3.15. The van der Waals surface area contributed by atoms with Gasteiger partial charge in [0.25, 0.3) is 0 Å². The molecule has 6 heteroatoms. The molecule has 2 aliphatic carbocycles. The number of Topliss-reactive ketones (excluding diaryl/α,β-unsaturated/α-hetero) is 2. The second-order valence-electron chi connectivity index (χ2n) is 10.5. The largest absolute Gasteiger partial charge is 0.423 e. The first-order valence-electron chi connectivity index (χ1n) is 12.2. The lowest BCUT2D eigenvalue weighted by atomic mass is 9.68. The molecule has 1 heterocycles. The lowest BCUT2D eigenvalue weighted by Crippen LogP contribution is -2.37. The minimum Gasteiger partial charge on any atom is -0.423 e. The zero-order chi connectivity index (χ0) is 25.9. The normalized spacial score (nSPS) is 19.7. The molecule has 1 aliphatic heterocycles. The number of allylic oxidation sites excluding steroid dienone is 3. The molecule has 3 aromatic carbocycles. The van der Waals surface area contributed by atoms with E-state index in [4.69, 9.17) is 16.3 Å². The van der Waals surface area contributed by atoms with Gasteiger partial charge in [-0.3, -0.25) is 9.59 Å². The van der Waals surface area contributed by atoms with Crippen molar-refractivity contribution in [2.45, 2.75) is 32.6 Å². The van der Waals surface area contributed by atoms with E-state index in [1.165, 1.54) is 0 Å². The number of ether oxygens (including phenoxy) is 1. The Kier molecular flexibility index (Phi) is 5.42. The molecule has 0 spiro atoms. The summed E-state index contributed by atoms with van der Waals surface area (Å²) in [5, 5.41) is 4.02. The predicted octanol–water partition coefficient (Wildman–Crippen LogP) is 6.50. The van der Waals surface area contributed by atoms with E-state index in [1.54, 1.807) is 36.4 Å². The van der Waals surface area contributed by atoms with Gasteiger partial charge in [0.2, 0.25) is 0 Å². The zero-order valence-electron chi connectivity index (χ0n) is 20.4. The fourth-order valence-electron chi connectivity index (χ4n) is 5.60. The molecule has 3 aliphatic rings. The van der Waals surface area contributed by atoms with Crippen molar-refractivity contribution in [3.05, 3.63) is 117 Å². The predicted molar refractivity (Wildman–Crippen MR) is 141 cm³/mol. The van der Waals surface area contributed by atoms with Gasteiger partial charge >= 0.3 is 5.97 Å². The highest BCUT2D eigenvalue weighted by Gasteiger charge is 2.46. The van der Waals surface area contributed by atoms with Crippen molar-refractivity contribution in [2.75, 3.05) is 0 Å². The van der Waals surface area contributed by atoms with Crippen LogP contribution in [-0.2, 0) is 4.79 Å². The van der Waals surface area contributed by atoms with E-state index in [-0.39, 0.29) is 17.0 Å². The third kappa shape index (κ3) is 4.00. The topological polar surface area (TPSA) is 72.5 Å². The van der Waals surface area contributed by atoms with Crippen molar-refractivity contribution >= 4 is 34.8 Å². The highest BCUT2D eigenvalue weighted by atomic mass is 35.5. The first-order valence-corrected chi connectivity index (χ1v) is 12.6. The molecule has 0 unspecified atom stereocenters. The third-order valence-electron chi connectivity index (χ3n) is 7.23. The van der Waals surface area contributed by atoms with Gasteiger partial charge in [-0.2, -0.15) is 0 Å². The number of fused-ring (bicyclic) bond motifs is 2. The minimum absolute atomic E-state index is 0.0531. The lowest BCUT2D eigenvalue weighted by molar-refractivity contribution is -0.118. The van der Waals surface area contributed by atoms with Crippen LogP contribution in [0.1, 0.15) is 64.4 Å². The summed E-state index contributed by atoms with van der Waals surface area (Å²) >= 11 is 5.91. The van der Waals surface area contributed by atoms with Crippen LogP contribution in [0.3, 0.4) is 0 Å². The number of hydrogen-bond donors (Lipinski definition) is 1. The Morgan fingerprint density at radius 3 is 2.27 bits per heavy atom. The highest BCUT2D eigenvalue weighted by molar-refractivity contribution is 6.30. The van der Waals surface area contributed by atoms with Gasteiger partial charge in [0.05, 0.1) is 11.3 Å². The zero-order valence-corrected chi connectivity index (χ0v) is 21.2. The van der Waals surface area contributed by atoms with Gasteiger partial charge in [0.1, 0.15) is 5.75 Å². The van der Waals surface area contributed by atoms with Crippen molar-refractivity contribution in [3.63, 3.8) is 0 Å². The second-order valence-corrected chi connectivity index (χ2v) is 11.0. The lowest BCUT2D eigenvalue weighted by Gasteiger charge is -2.39. The Balaban J connectivity index is 1.39. The van der Waals surface area contributed by atoms with Crippen LogP contribution in [0.25, 0.3) is 5.70 Å². The number of ketones is 2. The van der Waals surface area contributed by atoms with Crippen LogP contribution < -0.4 is 10.1 Å². The molecule has 184 valence electrons. The number of hydrogen-bond acceptors (Lipinski definition) is 5. The van der Waals surface area contributed by atoms with Gasteiger partial charge in [0, 0.05) is 45.3 Å². The van der Waals surface area contributed by atoms with E-state index in [2.05, 4.69) is 19.2 Å². The SMILES string of the molecule is CC1(C)CC(=O)C2=C(C1)NC1=C(C(=O)c3ccccc31)[C@H]2c1ccc(OC(=O)c2ccc(Cl)cc2)cc1. The fourth-order valence-corrected chi connectivity index (χ4v) is 5.73. The van der Waals surface area contributed by atoms with Crippen LogP contribution in [0.4, 0.5) is 0 Å². The van der Waals surface area contributed by atoms with Crippen molar-refractivity contribution in [1.82, 2.24) is 5.32 Å². The van der Waals surface area contributed by atoms with E-state index in [0.29, 0.717) is 45.9 Å². The summed E-state index contributed by atoms with van der Waals surface area (Å²) in [5.74, 6) is -0.621. The van der Waals surface area contributed by atoms with Gasteiger partial charge in [-0.15, -0.1) is 0 Å². The van der Waals surface area contributed by atoms with Crippen molar-refractivity contribution in [3.8, 4) is 5.75 Å². The molecular formula is C31H24ClNO4. The number of halogens is 1. The third-order valence-corrected chi connectivity index (χ3v) is 7.48. The summed E-state index contributed by atoms with van der Waals surface area (Å²) in [6.07, 6.45) is 1.14. The van der Waals surface area contributed by atoms with Crippen LogP contribution in [0, 0.1) is 5.41 Å². The molecule has 3 aromatic rings. The molecule has 0 saturated carbocycles. The van der Waals surface area contributed by atoms with E-state index in [1.807, 2.05) is 36.4 Å². The monoisotopic (exact) mass is 509 g/mol. The first kappa shape index (κ1) is 23.4. The Labute approximate surface area is 219 Å². The molecule has 0 radical (unpaired) electrons. The van der Waals surface area contributed by atoms with Gasteiger partial charge in [-0.25, -0.2) is 4.79 Å². The summed E-state index contributed by atoms with van der Waals surface area (Å²) in [5.41, 5.74) is 5.45. The van der Waals surface area contributed by atoms with E-state index >= 15 is 0 Å². The number of carbonyl (C=O) groups excluding carboxylic acids is 3. The molecule has 37 heavy (non-hydrogen) atoms. The number of benzene rings is 3. The van der Waals surface area contributed by atoms with Crippen LogP contribution in [-0.4, -0.2) is 17.5 Å². The Hall–Kier alpha value is -3.96. The Bertz CT molecular complexity index is 1540. The van der Waals surface area contributed by atoms with E-state index in [0.717, 1.165) is 22.5 Å². The van der Waals surface area contributed by atoms with Crippen molar-refractivity contribution < 1.29 is 19.1 Å². The summed E-state index contributed by atoms with van der Waals surface area (Å²) < 4.78 is 5.54. The van der Waals surface area contributed by atoms with Crippen molar-refractivity contribution in [2.24, 2.45) is 5.41 Å². The quantitative estimate of drug-likeness (QED) is 0.322. The smallest absolute Gasteiger partial charge is 0.343 e. The molecule has 5 nitrogen and oxygen atoms in total. The average molecular weight is 510 g/mol. The van der Waals surface area contributed by atoms with Crippen LogP contribution in [0.15, 0.2) is 89.6 Å². The van der Waals surface area contributed by atoms with Crippen LogP contribution in [0.2, 0.25) is 5.02 Å². The molecule has 0 aromatic heterocycles. The van der Waals surface area contributed by atoms with Crippen LogP contribution >= 0.6 is 11.6 Å². The number of carbonyl (C=O) groups is 3. The molecule has 0 bridgehead atoms. The Morgan fingerprint density at radius 1 is 0.892 bits per heavy atom. The maximum absolute atomic E-state index is 13.6. The van der Waals surface area contributed by atoms with E-state index < -0.39 is 11.9 Å². The van der Waals surface area contributed by atoms with Gasteiger partial charge < -0.3 is 10.1 Å². The molecule has 0 saturated heterocycles. The highest BCUT2D eigenvalue weighted by Crippen LogP contribution is 2.51. The minimum atomic E-state index is -0.493. The second kappa shape index (κ2) is 8.56. The van der Waals surface area contributed by atoms with Gasteiger partial charge in [-0.05, 0) is 53.8 Å². The van der Waals surface area contributed by atoms with Gasteiger partial charge in [0.15, 0.2) is 11.6 Å². The molecule has 1 N–H and O–H groups in total. The molecule has 0 fully saturated rings. The number of dihydropyridines is 1. The standard InChI is InChI=1S/C31H24ClNO4/c1-31(2)15-23-26(24(34)16-31)25(27-28(33-23)21-5-3-4-6-22(21)29(27)35)17-9-13-20(14-10-17)37-30(36)18-7-11-19(32)12-8-18/h3-14,25,33H,15-16H2,1-2H3/t25-/m0/s1. The first-order chi connectivity index (χ1) is 17.7. The van der Waals surface area contributed by atoms with Gasteiger partial charge in [-0.1, -0.05) is 61.8 Å². The number of esters is 1. The fraction of sp³-hybridized carbons (Fsp3) is 0.194. The number of nitrogens with one attached hydrogen (secondary N) is 1. The molecule has 0 amide bonds. The summed E-state index contributed by atoms with van der Waals surface area (Å²) in [6.45, 7) is 4.18. The molecule has 1 atom stereocenters. The molecule has 6 rings (SSSR count).